The van der Waals surface area contributed by atoms with Gasteiger partial charge in [0.15, 0.2) is 0 Å². The van der Waals surface area contributed by atoms with Crippen LogP contribution in [0.2, 0.25) is 0 Å². The van der Waals surface area contributed by atoms with E-state index in [1.165, 1.54) is 0 Å². The zero-order chi connectivity index (χ0) is 8.10. The van der Waals surface area contributed by atoms with Crippen molar-refractivity contribution in [3.8, 4) is 12.3 Å². The smallest absolute Gasteiger partial charge is 0.0281 e. The van der Waals surface area contributed by atoms with Crippen molar-refractivity contribution in [2.24, 2.45) is 4.99 Å². The Morgan fingerprint density at radius 3 is 2.45 bits per heavy atom. The SMILES string of the molecule is C#Cc1ccc(C=NC)cc1. The van der Waals surface area contributed by atoms with Gasteiger partial charge in [-0.25, -0.2) is 0 Å². The van der Waals surface area contributed by atoms with Gasteiger partial charge in [-0.1, -0.05) is 18.1 Å². The Morgan fingerprint density at radius 2 is 2.00 bits per heavy atom. The zero-order valence-electron chi connectivity index (χ0n) is 6.41. The summed E-state index contributed by atoms with van der Waals surface area (Å²) in [6.07, 6.45) is 6.98. The van der Waals surface area contributed by atoms with Crippen molar-refractivity contribution < 1.29 is 0 Å². The summed E-state index contributed by atoms with van der Waals surface area (Å²) >= 11 is 0. The highest BCUT2D eigenvalue weighted by Gasteiger charge is 1.86. The third-order valence-electron chi connectivity index (χ3n) is 1.36. The first-order chi connectivity index (χ1) is 5.36. The summed E-state index contributed by atoms with van der Waals surface area (Å²) in [5.74, 6) is 2.55. The van der Waals surface area contributed by atoms with Gasteiger partial charge in [0, 0.05) is 18.8 Å². The summed E-state index contributed by atoms with van der Waals surface area (Å²) in [5.41, 5.74) is 1.98. The van der Waals surface area contributed by atoms with Crippen LogP contribution in [0.15, 0.2) is 29.3 Å². The van der Waals surface area contributed by atoms with E-state index in [1.54, 1.807) is 13.3 Å². The summed E-state index contributed by atoms with van der Waals surface area (Å²) < 4.78 is 0. The monoisotopic (exact) mass is 143 g/mol. The van der Waals surface area contributed by atoms with E-state index in [2.05, 4.69) is 10.9 Å². The third-order valence-corrected chi connectivity index (χ3v) is 1.36. The highest BCUT2D eigenvalue weighted by Crippen LogP contribution is 1.99. The molecule has 0 aliphatic carbocycles. The maximum Gasteiger partial charge on any atom is 0.0281 e. The number of benzene rings is 1. The number of nitrogens with zero attached hydrogens (tertiary/aromatic N) is 1. The second kappa shape index (κ2) is 3.58. The minimum Gasteiger partial charge on any atom is -0.296 e. The van der Waals surface area contributed by atoms with E-state index in [-0.39, 0.29) is 0 Å². The summed E-state index contributed by atoms with van der Waals surface area (Å²) in [6.45, 7) is 0. The van der Waals surface area contributed by atoms with E-state index in [4.69, 9.17) is 6.42 Å². The van der Waals surface area contributed by atoms with Gasteiger partial charge in [0.1, 0.15) is 0 Å². The molecule has 1 aromatic carbocycles. The van der Waals surface area contributed by atoms with Crippen molar-refractivity contribution in [3.05, 3.63) is 35.4 Å². The van der Waals surface area contributed by atoms with Gasteiger partial charge in [-0.15, -0.1) is 6.42 Å². The number of rotatable bonds is 1. The molecule has 54 valence electrons. The molecule has 0 heterocycles. The zero-order valence-corrected chi connectivity index (χ0v) is 6.41. The molecule has 0 aliphatic heterocycles. The van der Waals surface area contributed by atoms with Crippen molar-refractivity contribution in [1.29, 1.82) is 0 Å². The molecule has 0 unspecified atom stereocenters. The molecule has 0 saturated carbocycles. The van der Waals surface area contributed by atoms with Gasteiger partial charge < -0.3 is 0 Å². The molecule has 0 radical (unpaired) electrons. The molecule has 0 amide bonds. The average Bonchev–Trinajstić information content (AvgIpc) is 2.07. The van der Waals surface area contributed by atoms with E-state index < -0.39 is 0 Å². The summed E-state index contributed by atoms with van der Waals surface area (Å²) in [5, 5.41) is 0. The first kappa shape index (κ1) is 7.56. The van der Waals surface area contributed by atoms with Crippen LogP contribution in [0.3, 0.4) is 0 Å². The molecule has 11 heavy (non-hydrogen) atoms. The summed E-state index contributed by atoms with van der Waals surface area (Å²) in [4.78, 5) is 3.88. The van der Waals surface area contributed by atoms with E-state index in [0.29, 0.717) is 0 Å². The molecule has 1 aromatic rings. The van der Waals surface area contributed by atoms with Gasteiger partial charge in [-0.3, -0.25) is 4.99 Å². The van der Waals surface area contributed by atoms with Gasteiger partial charge in [0.05, 0.1) is 0 Å². The molecule has 1 heteroatoms. The Hall–Kier alpha value is -1.55. The molecule has 1 nitrogen and oxygen atoms in total. The number of hydrogen-bond acceptors (Lipinski definition) is 1. The molecule has 0 bridgehead atoms. The first-order valence-electron chi connectivity index (χ1n) is 3.35. The Bertz CT molecular complexity index is 288. The van der Waals surface area contributed by atoms with Crippen LogP contribution in [-0.2, 0) is 0 Å². The Labute approximate surface area is 66.8 Å². The Morgan fingerprint density at radius 1 is 1.36 bits per heavy atom. The van der Waals surface area contributed by atoms with E-state index in [1.807, 2.05) is 24.3 Å². The standard InChI is InChI=1S/C10H9N/c1-3-9-4-6-10(7-5-9)8-11-2/h1,4-8H,2H3. The van der Waals surface area contributed by atoms with Crippen molar-refractivity contribution in [3.63, 3.8) is 0 Å². The number of terminal acetylenes is 1. The predicted molar refractivity (Wildman–Crippen MR) is 47.9 cm³/mol. The highest BCUT2D eigenvalue weighted by molar-refractivity contribution is 5.79. The van der Waals surface area contributed by atoms with Crippen LogP contribution >= 0.6 is 0 Å². The molecule has 0 aliphatic rings. The topological polar surface area (TPSA) is 12.4 Å². The second-order valence-corrected chi connectivity index (χ2v) is 2.15. The fourth-order valence-electron chi connectivity index (χ4n) is 0.814. The fourth-order valence-corrected chi connectivity index (χ4v) is 0.814. The van der Waals surface area contributed by atoms with Crippen molar-refractivity contribution in [2.75, 3.05) is 7.05 Å². The maximum absolute atomic E-state index is 5.19. The average molecular weight is 143 g/mol. The van der Waals surface area contributed by atoms with Crippen molar-refractivity contribution in [1.82, 2.24) is 0 Å². The lowest BCUT2D eigenvalue weighted by atomic mass is 10.1. The molecular weight excluding hydrogens is 134 g/mol. The van der Waals surface area contributed by atoms with E-state index in [0.717, 1.165) is 11.1 Å². The predicted octanol–water partition coefficient (Wildman–Crippen LogP) is 1.72. The van der Waals surface area contributed by atoms with Crippen LogP contribution in [-0.4, -0.2) is 13.3 Å². The second-order valence-electron chi connectivity index (χ2n) is 2.15. The van der Waals surface area contributed by atoms with Gasteiger partial charge in [-0.2, -0.15) is 0 Å². The van der Waals surface area contributed by atoms with Gasteiger partial charge in [0.25, 0.3) is 0 Å². The molecule has 0 spiro atoms. The van der Waals surface area contributed by atoms with E-state index in [9.17, 15) is 0 Å². The van der Waals surface area contributed by atoms with Crippen LogP contribution in [0.4, 0.5) is 0 Å². The fraction of sp³-hybridized carbons (Fsp3) is 0.100. The lowest BCUT2D eigenvalue weighted by Crippen LogP contribution is -1.80. The minimum atomic E-state index is 0.901. The van der Waals surface area contributed by atoms with Crippen LogP contribution in [0.1, 0.15) is 11.1 Å². The number of hydrogen-bond donors (Lipinski definition) is 0. The molecule has 1 rings (SSSR count). The molecule has 0 saturated heterocycles. The molecule has 0 fully saturated rings. The van der Waals surface area contributed by atoms with Crippen LogP contribution in [0.5, 0.6) is 0 Å². The molecule has 0 N–H and O–H groups in total. The van der Waals surface area contributed by atoms with Crippen molar-refractivity contribution >= 4 is 6.21 Å². The van der Waals surface area contributed by atoms with Crippen molar-refractivity contribution in [2.45, 2.75) is 0 Å². The molecule has 0 aromatic heterocycles. The maximum atomic E-state index is 5.19. The van der Waals surface area contributed by atoms with Gasteiger partial charge in [-0.05, 0) is 17.7 Å². The normalized spacial score (nSPS) is 9.82. The first-order valence-corrected chi connectivity index (χ1v) is 3.35. The summed E-state index contributed by atoms with van der Waals surface area (Å²) in [6, 6.07) is 7.69. The lowest BCUT2D eigenvalue weighted by Gasteiger charge is -1.91. The van der Waals surface area contributed by atoms with Crippen LogP contribution in [0, 0.1) is 12.3 Å². The quantitative estimate of drug-likeness (QED) is 0.419. The van der Waals surface area contributed by atoms with Crippen LogP contribution in [0.25, 0.3) is 0 Å². The Balaban J connectivity index is 2.94. The molecule has 0 atom stereocenters. The third kappa shape index (κ3) is 1.94. The highest BCUT2D eigenvalue weighted by atomic mass is 14.6. The summed E-state index contributed by atoms with van der Waals surface area (Å²) in [7, 11) is 1.75. The van der Waals surface area contributed by atoms with Crippen LogP contribution < -0.4 is 0 Å². The minimum absolute atomic E-state index is 0.901. The molecular formula is C10H9N. The Kier molecular flexibility index (Phi) is 2.46. The van der Waals surface area contributed by atoms with E-state index >= 15 is 0 Å². The lowest BCUT2D eigenvalue weighted by molar-refractivity contribution is 1.46. The van der Waals surface area contributed by atoms with Gasteiger partial charge in [0.2, 0.25) is 0 Å². The largest absolute Gasteiger partial charge is 0.296 e. The number of aliphatic imine (C=N–C) groups is 1. The van der Waals surface area contributed by atoms with Gasteiger partial charge >= 0.3 is 0 Å².